The molecule has 0 amide bonds. The fourth-order valence-electron chi connectivity index (χ4n) is 3.50. The van der Waals surface area contributed by atoms with Gasteiger partial charge in [-0.1, -0.05) is 26.7 Å². The largest absolute Gasteiger partial charge is 0.389 e. The van der Waals surface area contributed by atoms with Crippen LogP contribution in [0.25, 0.3) is 0 Å². The minimum absolute atomic E-state index is 0.386. The second-order valence-corrected chi connectivity index (χ2v) is 6.31. The first-order valence-electron chi connectivity index (χ1n) is 7.05. The van der Waals surface area contributed by atoms with Gasteiger partial charge in [0.2, 0.25) is 0 Å². The van der Waals surface area contributed by atoms with E-state index in [1.54, 1.807) is 0 Å². The van der Waals surface area contributed by atoms with E-state index >= 15 is 0 Å². The molecule has 0 aromatic carbocycles. The molecule has 94 valence electrons. The number of rotatable bonds is 3. The molecule has 0 bridgehead atoms. The number of hydrogen-bond acceptors (Lipinski definition) is 2. The molecule has 3 atom stereocenters. The van der Waals surface area contributed by atoms with Crippen molar-refractivity contribution < 1.29 is 5.11 Å². The van der Waals surface area contributed by atoms with Gasteiger partial charge in [0.25, 0.3) is 0 Å². The highest BCUT2D eigenvalue weighted by molar-refractivity contribution is 4.89. The van der Waals surface area contributed by atoms with E-state index < -0.39 is 0 Å². The normalized spacial score (nSPS) is 38.8. The highest BCUT2D eigenvalue weighted by Crippen LogP contribution is 2.31. The Balaban J connectivity index is 1.77. The first-order valence-corrected chi connectivity index (χ1v) is 7.05. The average Bonchev–Trinajstić information content (AvgIpc) is 2.64. The summed E-state index contributed by atoms with van der Waals surface area (Å²) in [5.74, 6) is 1.66. The standard InChI is InChI=1S/C14H27NO/c1-11-5-6-13(12(2)9-11)15-10-14(16)7-3-4-8-14/h11-13,15-16H,3-10H2,1-2H3. The Morgan fingerprint density at radius 3 is 2.50 bits per heavy atom. The molecule has 0 radical (unpaired) electrons. The summed E-state index contributed by atoms with van der Waals surface area (Å²) in [6, 6.07) is 0.640. The van der Waals surface area contributed by atoms with Crippen molar-refractivity contribution in [1.29, 1.82) is 0 Å². The molecule has 0 aliphatic heterocycles. The monoisotopic (exact) mass is 225 g/mol. The van der Waals surface area contributed by atoms with E-state index in [4.69, 9.17) is 0 Å². The van der Waals surface area contributed by atoms with Gasteiger partial charge in [0, 0.05) is 12.6 Å². The second-order valence-electron chi connectivity index (χ2n) is 6.31. The van der Waals surface area contributed by atoms with Crippen LogP contribution in [-0.4, -0.2) is 23.3 Å². The van der Waals surface area contributed by atoms with Crippen molar-refractivity contribution in [3.63, 3.8) is 0 Å². The Morgan fingerprint density at radius 2 is 1.88 bits per heavy atom. The van der Waals surface area contributed by atoms with Crippen LogP contribution in [0.2, 0.25) is 0 Å². The lowest BCUT2D eigenvalue weighted by atomic mass is 9.79. The van der Waals surface area contributed by atoms with Crippen molar-refractivity contribution in [1.82, 2.24) is 5.32 Å². The maximum Gasteiger partial charge on any atom is 0.0771 e. The Hall–Kier alpha value is -0.0800. The molecule has 2 aliphatic rings. The van der Waals surface area contributed by atoms with Crippen molar-refractivity contribution in [3.8, 4) is 0 Å². The average molecular weight is 225 g/mol. The molecule has 0 aromatic rings. The van der Waals surface area contributed by atoms with Crippen molar-refractivity contribution >= 4 is 0 Å². The van der Waals surface area contributed by atoms with E-state index in [2.05, 4.69) is 19.2 Å². The van der Waals surface area contributed by atoms with E-state index in [-0.39, 0.29) is 5.60 Å². The summed E-state index contributed by atoms with van der Waals surface area (Å²) in [7, 11) is 0. The molecule has 2 aliphatic carbocycles. The van der Waals surface area contributed by atoms with Gasteiger partial charge in [-0.25, -0.2) is 0 Å². The van der Waals surface area contributed by atoms with Crippen LogP contribution in [0.1, 0.15) is 58.8 Å². The summed E-state index contributed by atoms with van der Waals surface area (Å²) < 4.78 is 0. The van der Waals surface area contributed by atoms with E-state index in [0.29, 0.717) is 6.04 Å². The van der Waals surface area contributed by atoms with Crippen LogP contribution in [-0.2, 0) is 0 Å². The first kappa shape index (κ1) is 12.4. The molecule has 2 rings (SSSR count). The molecule has 0 heterocycles. The molecular formula is C14H27NO. The number of aliphatic hydroxyl groups is 1. The van der Waals surface area contributed by atoms with Crippen LogP contribution in [0.15, 0.2) is 0 Å². The molecule has 2 fully saturated rings. The summed E-state index contributed by atoms with van der Waals surface area (Å²) in [5, 5.41) is 13.9. The molecule has 2 nitrogen and oxygen atoms in total. The van der Waals surface area contributed by atoms with Gasteiger partial charge in [0.1, 0.15) is 0 Å². The highest BCUT2D eigenvalue weighted by Gasteiger charge is 2.33. The third-order valence-corrected chi connectivity index (χ3v) is 4.66. The molecule has 3 unspecified atom stereocenters. The molecule has 0 saturated heterocycles. The van der Waals surface area contributed by atoms with Crippen LogP contribution in [0.5, 0.6) is 0 Å². The number of nitrogens with one attached hydrogen (secondary N) is 1. The lowest BCUT2D eigenvalue weighted by Gasteiger charge is -2.35. The molecule has 2 heteroatoms. The first-order chi connectivity index (χ1) is 7.59. The summed E-state index contributed by atoms with van der Waals surface area (Å²) in [4.78, 5) is 0. The van der Waals surface area contributed by atoms with Gasteiger partial charge in [-0.15, -0.1) is 0 Å². The van der Waals surface area contributed by atoms with Gasteiger partial charge in [0.05, 0.1) is 5.60 Å². The van der Waals surface area contributed by atoms with Gasteiger partial charge in [0.15, 0.2) is 0 Å². The van der Waals surface area contributed by atoms with Gasteiger partial charge in [-0.05, 0) is 43.9 Å². The zero-order chi connectivity index (χ0) is 11.6. The predicted octanol–water partition coefficient (Wildman–Crippen LogP) is 2.71. The van der Waals surface area contributed by atoms with Crippen LogP contribution < -0.4 is 5.32 Å². The molecule has 0 spiro atoms. The topological polar surface area (TPSA) is 32.3 Å². The van der Waals surface area contributed by atoms with Crippen molar-refractivity contribution in [2.45, 2.75) is 70.4 Å². The van der Waals surface area contributed by atoms with E-state index in [9.17, 15) is 5.11 Å². The minimum Gasteiger partial charge on any atom is -0.389 e. The van der Waals surface area contributed by atoms with Crippen LogP contribution >= 0.6 is 0 Å². The highest BCUT2D eigenvalue weighted by atomic mass is 16.3. The molecule has 2 saturated carbocycles. The molecular weight excluding hydrogens is 198 g/mol. The Morgan fingerprint density at radius 1 is 1.19 bits per heavy atom. The summed E-state index contributed by atoms with van der Waals surface area (Å²) >= 11 is 0. The van der Waals surface area contributed by atoms with Crippen LogP contribution in [0.4, 0.5) is 0 Å². The SMILES string of the molecule is CC1CCC(NCC2(O)CCCC2)C(C)C1. The Bertz CT molecular complexity index is 223. The smallest absolute Gasteiger partial charge is 0.0771 e. The Labute approximate surface area is 99.8 Å². The fourth-order valence-corrected chi connectivity index (χ4v) is 3.50. The lowest BCUT2D eigenvalue weighted by molar-refractivity contribution is 0.0398. The maximum absolute atomic E-state index is 10.3. The molecule has 16 heavy (non-hydrogen) atoms. The minimum atomic E-state index is -0.386. The van der Waals surface area contributed by atoms with Gasteiger partial charge < -0.3 is 10.4 Å². The zero-order valence-electron chi connectivity index (χ0n) is 10.8. The van der Waals surface area contributed by atoms with Crippen LogP contribution in [0, 0.1) is 11.8 Å². The predicted molar refractivity (Wildman–Crippen MR) is 67.4 cm³/mol. The van der Waals surface area contributed by atoms with E-state index in [0.717, 1.165) is 31.2 Å². The number of hydrogen-bond donors (Lipinski definition) is 2. The molecule has 0 aromatic heterocycles. The summed E-state index contributed by atoms with van der Waals surface area (Å²) in [6.45, 7) is 5.53. The van der Waals surface area contributed by atoms with Gasteiger partial charge in [-0.2, -0.15) is 0 Å². The molecule has 2 N–H and O–H groups in total. The third-order valence-electron chi connectivity index (χ3n) is 4.66. The van der Waals surface area contributed by atoms with E-state index in [1.807, 2.05) is 0 Å². The van der Waals surface area contributed by atoms with Gasteiger partial charge >= 0.3 is 0 Å². The fraction of sp³-hybridized carbons (Fsp3) is 1.00. The summed E-state index contributed by atoms with van der Waals surface area (Å²) in [6.07, 6.45) is 8.38. The third kappa shape index (κ3) is 2.98. The van der Waals surface area contributed by atoms with Crippen molar-refractivity contribution in [2.24, 2.45) is 11.8 Å². The Kier molecular flexibility index (Phi) is 3.91. The quantitative estimate of drug-likeness (QED) is 0.774. The maximum atomic E-state index is 10.3. The lowest BCUT2D eigenvalue weighted by Crippen LogP contribution is -2.46. The van der Waals surface area contributed by atoms with Crippen LogP contribution in [0.3, 0.4) is 0 Å². The second kappa shape index (κ2) is 5.05. The summed E-state index contributed by atoms with van der Waals surface area (Å²) in [5.41, 5.74) is -0.386. The van der Waals surface area contributed by atoms with Crippen molar-refractivity contribution in [3.05, 3.63) is 0 Å². The zero-order valence-corrected chi connectivity index (χ0v) is 10.8. The van der Waals surface area contributed by atoms with Crippen molar-refractivity contribution in [2.75, 3.05) is 6.54 Å². The van der Waals surface area contributed by atoms with Gasteiger partial charge in [-0.3, -0.25) is 0 Å². The van der Waals surface area contributed by atoms with E-state index in [1.165, 1.54) is 32.1 Å².